The number of aryl methyl sites for hydroxylation is 1. The SMILES string of the molecule is Cc1cc(Br)ccc1NS(=O)(=O)CCCCl. The minimum atomic E-state index is -3.28. The first kappa shape index (κ1) is 13.8. The lowest BCUT2D eigenvalue weighted by Crippen LogP contribution is -2.17. The highest BCUT2D eigenvalue weighted by Crippen LogP contribution is 2.21. The highest BCUT2D eigenvalue weighted by molar-refractivity contribution is 9.10. The molecule has 16 heavy (non-hydrogen) atoms. The van der Waals surface area contributed by atoms with Gasteiger partial charge in [0, 0.05) is 10.4 Å². The summed E-state index contributed by atoms with van der Waals surface area (Å²) in [7, 11) is -3.28. The first-order valence-electron chi connectivity index (χ1n) is 4.77. The Bertz CT molecular complexity index is 462. The number of rotatable bonds is 5. The second kappa shape index (κ2) is 5.89. The summed E-state index contributed by atoms with van der Waals surface area (Å²) < 4.78 is 26.7. The van der Waals surface area contributed by atoms with Crippen molar-refractivity contribution in [3.63, 3.8) is 0 Å². The van der Waals surface area contributed by atoms with Crippen molar-refractivity contribution < 1.29 is 8.42 Å². The Morgan fingerprint density at radius 2 is 2.12 bits per heavy atom. The van der Waals surface area contributed by atoms with Gasteiger partial charge in [-0.2, -0.15) is 0 Å². The van der Waals surface area contributed by atoms with Crippen molar-refractivity contribution in [1.29, 1.82) is 0 Å². The summed E-state index contributed by atoms with van der Waals surface area (Å²) in [5.74, 6) is 0.395. The number of benzene rings is 1. The zero-order valence-corrected chi connectivity index (χ0v) is 12.0. The Morgan fingerprint density at radius 1 is 1.44 bits per heavy atom. The van der Waals surface area contributed by atoms with E-state index in [1.54, 1.807) is 12.1 Å². The van der Waals surface area contributed by atoms with Crippen LogP contribution in [0.5, 0.6) is 0 Å². The average molecular weight is 327 g/mol. The standard InChI is InChI=1S/C10H13BrClNO2S/c1-8-7-9(11)3-4-10(8)13-16(14,15)6-2-5-12/h3-4,7,13H,2,5-6H2,1H3. The molecule has 0 spiro atoms. The molecule has 0 aliphatic heterocycles. The Balaban J connectivity index is 2.80. The molecule has 3 nitrogen and oxygen atoms in total. The summed E-state index contributed by atoms with van der Waals surface area (Å²) in [5, 5.41) is 0. The number of nitrogens with one attached hydrogen (secondary N) is 1. The lowest BCUT2D eigenvalue weighted by Gasteiger charge is -2.10. The number of sulfonamides is 1. The van der Waals surface area contributed by atoms with E-state index in [0.717, 1.165) is 10.0 Å². The van der Waals surface area contributed by atoms with Crippen LogP contribution in [0, 0.1) is 6.92 Å². The van der Waals surface area contributed by atoms with Gasteiger partial charge in [0.25, 0.3) is 0 Å². The molecule has 0 aliphatic rings. The molecule has 0 aromatic heterocycles. The second-order valence-corrected chi connectivity index (χ2v) is 6.56. The molecule has 0 saturated heterocycles. The number of alkyl halides is 1. The molecule has 6 heteroatoms. The minimum Gasteiger partial charge on any atom is -0.283 e. The summed E-state index contributed by atoms with van der Waals surface area (Å²) in [6, 6.07) is 5.39. The van der Waals surface area contributed by atoms with Crippen LogP contribution in [0.1, 0.15) is 12.0 Å². The second-order valence-electron chi connectivity index (χ2n) is 3.42. The van der Waals surface area contributed by atoms with Crippen molar-refractivity contribution in [3.05, 3.63) is 28.2 Å². The van der Waals surface area contributed by atoms with Crippen LogP contribution in [0.2, 0.25) is 0 Å². The Hall–Kier alpha value is -0.260. The Labute approximate surface area is 109 Å². The van der Waals surface area contributed by atoms with Crippen molar-refractivity contribution in [2.75, 3.05) is 16.4 Å². The molecule has 0 unspecified atom stereocenters. The molecule has 0 amide bonds. The van der Waals surface area contributed by atoms with Crippen LogP contribution in [-0.4, -0.2) is 20.1 Å². The number of hydrogen-bond acceptors (Lipinski definition) is 2. The number of anilines is 1. The normalized spacial score (nSPS) is 11.4. The topological polar surface area (TPSA) is 46.2 Å². The summed E-state index contributed by atoms with van der Waals surface area (Å²) in [4.78, 5) is 0. The van der Waals surface area contributed by atoms with Crippen molar-refractivity contribution in [2.45, 2.75) is 13.3 Å². The first-order valence-corrected chi connectivity index (χ1v) is 7.75. The largest absolute Gasteiger partial charge is 0.283 e. The van der Waals surface area contributed by atoms with Crippen LogP contribution in [0.15, 0.2) is 22.7 Å². The van der Waals surface area contributed by atoms with E-state index >= 15 is 0 Å². The summed E-state index contributed by atoms with van der Waals surface area (Å²) in [6.07, 6.45) is 0.451. The summed E-state index contributed by atoms with van der Waals surface area (Å²) in [5.41, 5.74) is 1.49. The third-order valence-corrected chi connectivity index (χ3v) is 4.12. The maximum atomic E-state index is 11.6. The van der Waals surface area contributed by atoms with Crippen LogP contribution in [0.25, 0.3) is 0 Å². The quantitative estimate of drug-likeness (QED) is 0.845. The maximum absolute atomic E-state index is 11.6. The molecule has 0 saturated carbocycles. The van der Waals surface area contributed by atoms with Crippen molar-refractivity contribution in [1.82, 2.24) is 0 Å². The monoisotopic (exact) mass is 325 g/mol. The van der Waals surface area contributed by atoms with E-state index in [1.165, 1.54) is 0 Å². The van der Waals surface area contributed by atoms with E-state index in [-0.39, 0.29) is 5.75 Å². The molecule has 0 heterocycles. The van der Waals surface area contributed by atoms with Gasteiger partial charge < -0.3 is 0 Å². The van der Waals surface area contributed by atoms with Crippen LogP contribution in [0.3, 0.4) is 0 Å². The van der Waals surface area contributed by atoms with Gasteiger partial charge in [-0.15, -0.1) is 11.6 Å². The van der Waals surface area contributed by atoms with Gasteiger partial charge in [0.1, 0.15) is 0 Å². The van der Waals surface area contributed by atoms with Gasteiger partial charge in [-0.25, -0.2) is 8.42 Å². The van der Waals surface area contributed by atoms with Gasteiger partial charge in [-0.05, 0) is 37.1 Å². The van der Waals surface area contributed by atoms with Crippen LogP contribution in [-0.2, 0) is 10.0 Å². The molecule has 0 aliphatic carbocycles. The lowest BCUT2D eigenvalue weighted by atomic mass is 10.2. The molecule has 1 aromatic carbocycles. The first-order chi connectivity index (χ1) is 7.44. The summed E-state index contributed by atoms with van der Waals surface area (Å²) >= 11 is 8.79. The maximum Gasteiger partial charge on any atom is 0.232 e. The third-order valence-electron chi connectivity index (χ3n) is 2.00. The van der Waals surface area contributed by atoms with Gasteiger partial charge in [0.15, 0.2) is 0 Å². The molecule has 0 radical (unpaired) electrons. The zero-order chi connectivity index (χ0) is 12.2. The van der Waals surface area contributed by atoms with E-state index < -0.39 is 10.0 Å². The molecular formula is C10H13BrClNO2S. The van der Waals surface area contributed by atoms with Gasteiger partial charge in [0.05, 0.1) is 11.4 Å². The highest BCUT2D eigenvalue weighted by atomic mass is 79.9. The molecule has 0 atom stereocenters. The van der Waals surface area contributed by atoms with Crippen molar-refractivity contribution in [2.24, 2.45) is 0 Å². The van der Waals surface area contributed by atoms with E-state index in [1.807, 2.05) is 13.0 Å². The van der Waals surface area contributed by atoms with Gasteiger partial charge in [-0.3, -0.25) is 4.72 Å². The van der Waals surface area contributed by atoms with E-state index in [2.05, 4.69) is 20.7 Å². The van der Waals surface area contributed by atoms with E-state index in [9.17, 15) is 8.42 Å². The minimum absolute atomic E-state index is 0.0476. The molecule has 1 aromatic rings. The fraction of sp³-hybridized carbons (Fsp3) is 0.400. The number of halogens is 2. The Kier molecular flexibility index (Phi) is 5.08. The molecule has 0 bridgehead atoms. The predicted molar refractivity (Wildman–Crippen MR) is 71.6 cm³/mol. The third kappa shape index (κ3) is 4.31. The Morgan fingerprint density at radius 3 is 2.69 bits per heavy atom. The molecule has 90 valence electrons. The van der Waals surface area contributed by atoms with Crippen molar-refractivity contribution >= 4 is 43.2 Å². The van der Waals surface area contributed by atoms with Crippen LogP contribution < -0.4 is 4.72 Å². The number of hydrogen-bond donors (Lipinski definition) is 1. The smallest absolute Gasteiger partial charge is 0.232 e. The zero-order valence-electron chi connectivity index (χ0n) is 8.83. The average Bonchev–Trinajstić information content (AvgIpc) is 2.19. The fourth-order valence-electron chi connectivity index (χ4n) is 1.20. The lowest BCUT2D eigenvalue weighted by molar-refractivity contribution is 0.600. The summed E-state index contributed by atoms with van der Waals surface area (Å²) in [6.45, 7) is 1.85. The highest BCUT2D eigenvalue weighted by Gasteiger charge is 2.11. The predicted octanol–water partition coefficient (Wildman–Crippen LogP) is 3.13. The van der Waals surface area contributed by atoms with Crippen molar-refractivity contribution in [3.8, 4) is 0 Å². The molecule has 1 N–H and O–H groups in total. The molecular weight excluding hydrogens is 314 g/mol. The van der Waals surface area contributed by atoms with Gasteiger partial charge >= 0.3 is 0 Å². The fourth-order valence-corrected chi connectivity index (χ4v) is 3.16. The van der Waals surface area contributed by atoms with Crippen LogP contribution in [0.4, 0.5) is 5.69 Å². The van der Waals surface area contributed by atoms with E-state index in [0.29, 0.717) is 18.0 Å². The van der Waals surface area contributed by atoms with Gasteiger partial charge in [-0.1, -0.05) is 15.9 Å². The molecule has 1 rings (SSSR count). The van der Waals surface area contributed by atoms with Gasteiger partial charge in [0.2, 0.25) is 10.0 Å². The van der Waals surface area contributed by atoms with E-state index in [4.69, 9.17) is 11.6 Å². The molecule has 0 fully saturated rings. The van der Waals surface area contributed by atoms with Crippen LogP contribution >= 0.6 is 27.5 Å².